The van der Waals surface area contributed by atoms with Gasteiger partial charge < -0.3 is 10.1 Å². The van der Waals surface area contributed by atoms with E-state index < -0.39 is 6.36 Å². The highest BCUT2D eigenvalue weighted by atomic mass is 19.4. The van der Waals surface area contributed by atoms with Crippen LogP contribution in [0, 0.1) is 11.8 Å². The number of ether oxygens (including phenoxy) is 1. The van der Waals surface area contributed by atoms with Crippen molar-refractivity contribution in [3.63, 3.8) is 0 Å². The zero-order chi connectivity index (χ0) is 25.8. The summed E-state index contributed by atoms with van der Waals surface area (Å²) in [4.78, 5) is 17.7. The van der Waals surface area contributed by atoms with E-state index in [4.69, 9.17) is 0 Å². The van der Waals surface area contributed by atoms with Gasteiger partial charge in [-0.3, -0.25) is 14.6 Å². The molecule has 1 N–H and O–H groups in total. The van der Waals surface area contributed by atoms with Crippen LogP contribution < -0.4 is 10.1 Å². The predicted octanol–water partition coefficient (Wildman–Crippen LogP) is 5.39. The summed E-state index contributed by atoms with van der Waals surface area (Å²) in [7, 11) is 0. The molecule has 0 spiro atoms. The molecule has 1 amide bonds. The second-order valence-electron chi connectivity index (χ2n) is 11.0. The SMILES string of the molecule is O=C(/C=C/c1ccc(OC(F)(F)F)cc1)NCCCCN1CCCC2=C[C@H]3C[C@H](CN4CCCC[C@H]34)[C@@H]21. The van der Waals surface area contributed by atoms with E-state index in [1.165, 1.54) is 88.5 Å². The Kier molecular flexibility index (Phi) is 8.24. The first kappa shape index (κ1) is 26.3. The maximum Gasteiger partial charge on any atom is 0.573 e. The standard InChI is InChI=1S/C29H38F3N3O2/c30-29(31,32)37-25-11-8-21(9-12-25)10-13-27(36)33-14-2-4-15-34-17-5-6-22-18-23-19-24(28(22)34)20-35-16-3-1-7-26(23)35/h8-13,18,23-24,26,28H,1-7,14-17,19-20H2,(H,33,36)/b13-10+/t23-,24+,26+,28+/m0/s1. The number of halogens is 3. The lowest BCUT2D eigenvalue weighted by Crippen LogP contribution is -2.59. The largest absolute Gasteiger partial charge is 0.573 e. The molecule has 4 aliphatic rings. The number of alkyl halides is 3. The van der Waals surface area contributed by atoms with Gasteiger partial charge in [-0.05, 0) is 100 Å². The topological polar surface area (TPSA) is 44.8 Å². The molecule has 4 atom stereocenters. The average molecular weight is 518 g/mol. The number of likely N-dealkylation sites (tertiary alicyclic amines) is 1. The highest BCUT2D eigenvalue weighted by Crippen LogP contribution is 2.45. The first-order valence-corrected chi connectivity index (χ1v) is 13.9. The second-order valence-corrected chi connectivity index (χ2v) is 11.0. The Morgan fingerprint density at radius 2 is 1.95 bits per heavy atom. The molecule has 8 heteroatoms. The Morgan fingerprint density at radius 3 is 2.76 bits per heavy atom. The van der Waals surface area contributed by atoms with Gasteiger partial charge in [-0.1, -0.05) is 30.2 Å². The van der Waals surface area contributed by atoms with E-state index in [0.717, 1.165) is 37.3 Å². The summed E-state index contributed by atoms with van der Waals surface area (Å²) in [5, 5.41) is 2.92. The molecule has 5 nitrogen and oxygen atoms in total. The van der Waals surface area contributed by atoms with E-state index in [-0.39, 0.29) is 11.7 Å². The summed E-state index contributed by atoms with van der Waals surface area (Å²) >= 11 is 0. The molecule has 0 radical (unpaired) electrons. The normalized spacial score (nSPS) is 28.4. The molecule has 0 aromatic heterocycles. The highest BCUT2D eigenvalue weighted by molar-refractivity contribution is 5.91. The summed E-state index contributed by atoms with van der Waals surface area (Å²) in [5.41, 5.74) is 2.33. The molecular weight excluding hydrogens is 479 g/mol. The van der Waals surface area contributed by atoms with Gasteiger partial charge in [-0.2, -0.15) is 0 Å². The third kappa shape index (κ3) is 6.77. The summed E-state index contributed by atoms with van der Waals surface area (Å²) in [5.74, 6) is 1.05. The number of nitrogens with one attached hydrogen (secondary N) is 1. The van der Waals surface area contributed by atoms with E-state index in [2.05, 4.69) is 25.9 Å². The molecule has 0 unspecified atom stereocenters. The fourth-order valence-corrected chi connectivity index (χ4v) is 7.00. The smallest absolute Gasteiger partial charge is 0.406 e. The molecule has 2 bridgehead atoms. The Hall–Kier alpha value is -2.32. The lowest BCUT2D eigenvalue weighted by atomic mass is 9.68. The van der Waals surface area contributed by atoms with Crippen molar-refractivity contribution in [2.24, 2.45) is 11.8 Å². The number of rotatable bonds is 8. The molecule has 37 heavy (non-hydrogen) atoms. The zero-order valence-corrected chi connectivity index (χ0v) is 21.4. The highest BCUT2D eigenvalue weighted by Gasteiger charge is 2.45. The van der Waals surface area contributed by atoms with Crippen molar-refractivity contribution in [2.45, 2.75) is 69.8 Å². The Bertz CT molecular complexity index is 991. The fourth-order valence-electron chi connectivity index (χ4n) is 7.00. The molecule has 0 saturated carbocycles. The Balaban J connectivity index is 1.04. The van der Waals surface area contributed by atoms with Gasteiger partial charge >= 0.3 is 6.36 Å². The summed E-state index contributed by atoms with van der Waals surface area (Å²) in [6, 6.07) is 6.83. The van der Waals surface area contributed by atoms with E-state index in [1.807, 2.05) is 0 Å². The monoisotopic (exact) mass is 517 g/mol. The van der Waals surface area contributed by atoms with E-state index in [0.29, 0.717) is 18.2 Å². The van der Waals surface area contributed by atoms with Crippen LogP contribution in [0.3, 0.4) is 0 Å². The molecule has 1 aliphatic carbocycles. The molecule has 1 aromatic rings. The van der Waals surface area contributed by atoms with Crippen molar-refractivity contribution >= 4 is 12.0 Å². The van der Waals surface area contributed by atoms with E-state index in [1.54, 1.807) is 11.6 Å². The van der Waals surface area contributed by atoms with Gasteiger partial charge in [0, 0.05) is 31.2 Å². The summed E-state index contributed by atoms with van der Waals surface area (Å²) < 4.78 is 40.6. The lowest BCUT2D eigenvalue weighted by Gasteiger charge is -2.55. The van der Waals surface area contributed by atoms with Crippen molar-refractivity contribution in [3.8, 4) is 5.75 Å². The van der Waals surface area contributed by atoms with Gasteiger partial charge in [0.15, 0.2) is 0 Å². The first-order chi connectivity index (χ1) is 17.9. The van der Waals surface area contributed by atoms with Crippen molar-refractivity contribution < 1.29 is 22.7 Å². The lowest BCUT2D eigenvalue weighted by molar-refractivity contribution is -0.274. The van der Waals surface area contributed by atoms with Crippen molar-refractivity contribution in [2.75, 3.05) is 32.7 Å². The van der Waals surface area contributed by atoms with Crippen LogP contribution in [0.25, 0.3) is 6.08 Å². The first-order valence-electron chi connectivity index (χ1n) is 13.9. The van der Waals surface area contributed by atoms with Gasteiger partial charge in [-0.25, -0.2) is 0 Å². The van der Waals surface area contributed by atoms with E-state index in [9.17, 15) is 18.0 Å². The number of carbonyl (C=O) groups is 1. The van der Waals surface area contributed by atoms with Gasteiger partial charge in [-0.15, -0.1) is 13.2 Å². The number of benzene rings is 1. The van der Waals surface area contributed by atoms with Crippen LogP contribution in [0.15, 0.2) is 42.0 Å². The van der Waals surface area contributed by atoms with Crippen LogP contribution in [0.5, 0.6) is 5.75 Å². The number of unbranched alkanes of at least 4 members (excludes halogenated alkanes) is 1. The maximum atomic E-state index is 12.3. The minimum atomic E-state index is -4.71. The average Bonchev–Trinajstić information content (AvgIpc) is 2.87. The second kappa shape index (κ2) is 11.6. The maximum absolute atomic E-state index is 12.3. The van der Waals surface area contributed by atoms with Gasteiger partial charge in [0.2, 0.25) is 5.91 Å². The van der Waals surface area contributed by atoms with Crippen LogP contribution in [0.1, 0.15) is 56.9 Å². The van der Waals surface area contributed by atoms with Gasteiger partial charge in [0.1, 0.15) is 5.75 Å². The third-order valence-corrected chi connectivity index (χ3v) is 8.47. The van der Waals surface area contributed by atoms with Crippen molar-refractivity contribution in [3.05, 3.63) is 47.6 Å². The van der Waals surface area contributed by atoms with Crippen molar-refractivity contribution in [1.29, 1.82) is 0 Å². The molecule has 1 aromatic carbocycles. The molecule has 3 saturated heterocycles. The summed E-state index contributed by atoms with van der Waals surface area (Å²) in [6.45, 7) is 5.41. The number of nitrogens with zero attached hydrogens (tertiary/aromatic N) is 2. The molecule has 202 valence electrons. The third-order valence-electron chi connectivity index (χ3n) is 8.47. The molecule has 3 fully saturated rings. The van der Waals surface area contributed by atoms with Gasteiger partial charge in [0.05, 0.1) is 0 Å². The number of piperidine rings is 3. The van der Waals surface area contributed by atoms with Crippen LogP contribution in [-0.4, -0.2) is 66.9 Å². The predicted molar refractivity (Wildman–Crippen MR) is 138 cm³/mol. The van der Waals surface area contributed by atoms with Crippen LogP contribution >= 0.6 is 0 Å². The van der Waals surface area contributed by atoms with Crippen LogP contribution in [0.2, 0.25) is 0 Å². The number of hydrogen-bond acceptors (Lipinski definition) is 4. The Morgan fingerprint density at radius 1 is 1.11 bits per heavy atom. The Labute approximate surface area is 217 Å². The molecule has 5 rings (SSSR count). The van der Waals surface area contributed by atoms with E-state index >= 15 is 0 Å². The van der Waals surface area contributed by atoms with Crippen molar-refractivity contribution in [1.82, 2.24) is 15.1 Å². The molecule has 3 aliphatic heterocycles. The number of amides is 1. The number of carbonyl (C=O) groups excluding carboxylic acids is 1. The fraction of sp³-hybridized carbons (Fsp3) is 0.621. The zero-order valence-electron chi connectivity index (χ0n) is 21.4. The minimum Gasteiger partial charge on any atom is -0.406 e. The number of hydrogen-bond donors (Lipinski definition) is 1. The quantitative estimate of drug-likeness (QED) is 0.285. The minimum absolute atomic E-state index is 0.199. The van der Waals surface area contributed by atoms with Crippen LogP contribution in [-0.2, 0) is 4.79 Å². The summed E-state index contributed by atoms with van der Waals surface area (Å²) in [6.07, 6.45) is 10.9. The molecule has 3 heterocycles. The van der Waals surface area contributed by atoms with Gasteiger partial charge in [0.25, 0.3) is 0 Å². The molecular formula is C29H38F3N3O2. The number of fused-ring (bicyclic) bond motifs is 6. The van der Waals surface area contributed by atoms with Crippen LogP contribution in [0.4, 0.5) is 13.2 Å².